The number of rotatable bonds is 3. The first-order chi connectivity index (χ1) is 8.58. The van der Waals surface area contributed by atoms with Crippen LogP contribution in [0.5, 0.6) is 0 Å². The molecule has 0 unspecified atom stereocenters. The number of ketones is 2. The number of carbonyl (C=O) groups excluding carboxylic acids is 2. The van der Waals surface area contributed by atoms with E-state index in [0.717, 1.165) is 12.1 Å². The number of Topliss-reactive ketones (excluding diaryl/α,β-unsaturated/α-hetero) is 2. The van der Waals surface area contributed by atoms with Gasteiger partial charge in [-0.3, -0.25) is 14.5 Å². The van der Waals surface area contributed by atoms with Crippen LogP contribution >= 0.6 is 0 Å². The van der Waals surface area contributed by atoms with Crippen molar-refractivity contribution >= 4 is 11.6 Å². The van der Waals surface area contributed by atoms with Gasteiger partial charge in [-0.05, 0) is 12.1 Å². The van der Waals surface area contributed by atoms with E-state index in [1.165, 1.54) is 6.07 Å². The van der Waals surface area contributed by atoms with Gasteiger partial charge < -0.3 is 0 Å². The summed E-state index contributed by atoms with van der Waals surface area (Å²) in [4.78, 5) is 24.6. The number of piperidine rings is 1. The zero-order valence-corrected chi connectivity index (χ0v) is 9.79. The second-order valence-corrected chi connectivity index (χ2v) is 4.33. The van der Waals surface area contributed by atoms with E-state index in [0.29, 0.717) is 25.9 Å². The Kier molecular flexibility index (Phi) is 3.81. The van der Waals surface area contributed by atoms with Crippen molar-refractivity contribution in [1.82, 2.24) is 4.90 Å². The number of likely N-dealkylation sites (tertiary alicyclic amines) is 1. The molecule has 1 heterocycles. The van der Waals surface area contributed by atoms with Crippen LogP contribution in [0.3, 0.4) is 0 Å². The van der Waals surface area contributed by atoms with Gasteiger partial charge in [-0.2, -0.15) is 0 Å². The van der Waals surface area contributed by atoms with E-state index >= 15 is 0 Å². The molecule has 2 rings (SSSR count). The van der Waals surface area contributed by atoms with E-state index in [2.05, 4.69) is 0 Å². The summed E-state index contributed by atoms with van der Waals surface area (Å²) >= 11 is 0. The summed E-state index contributed by atoms with van der Waals surface area (Å²) < 4.78 is 26.8. The fraction of sp³-hybridized carbons (Fsp3) is 0.385. The van der Waals surface area contributed by atoms with Gasteiger partial charge in [0.25, 0.3) is 0 Å². The van der Waals surface area contributed by atoms with E-state index in [1.54, 1.807) is 4.90 Å². The molecule has 0 amide bonds. The Morgan fingerprint density at radius 2 is 1.72 bits per heavy atom. The lowest BCUT2D eigenvalue weighted by atomic mass is 10.1. The fourth-order valence-electron chi connectivity index (χ4n) is 2.01. The Balaban J connectivity index is 2.06. The molecule has 0 saturated carbocycles. The highest BCUT2D eigenvalue weighted by Crippen LogP contribution is 2.14. The summed E-state index contributed by atoms with van der Waals surface area (Å²) in [5, 5.41) is 0. The minimum Gasteiger partial charge on any atom is -0.300 e. The molecule has 0 aliphatic carbocycles. The molecule has 0 bridgehead atoms. The minimum atomic E-state index is -0.840. The normalized spacial score (nSPS) is 16.9. The molecule has 0 N–H and O–H groups in total. The van der Waals surface area contributed by atoms with Crippen LogP contribution in [0.4, 0.5) is 8.78 Å². The largest absolute Gasteiger partial charge is 0.300 e. The van der Waals surface area contributed by atoms with Gasteiger partial charge in [0, 0.05) is 25.9 Å². The maximum absolute atomic E-state index is 13.4. The van der Waals surface area contributed by atoms with Gasteiger partial charge in [0.1, 0.15) is 17.4 Å². The van der Waals surface area contributed by atoms with Gasteiger partial charge >= 0.3 is 0 Å². The molecule has 0 aromatic heterocycles. The first-order valence-corrected chi connectivity index (χ1v) is 5.79. The summed E-state index contributed by atoms with van der Waals surface area (Å²) in [7, 11) is 0. The van der Waals surface area contributed by atoms with Gasteiger partial charge in [0.15, 0.2) is 5.78 Å². The topological polar surface area (TPSA) is 37.4 Å². The lowest BCUT2D eigenvalue weighted by molar-refractivity contribution is -0.121. The highest BCUT2D eigenvalue weighted by molar-refractivity contribution is 5.98. The average Bonchev–Trinajstić information content (AvgIpc) is 2.32. The molecule has 18 heavy (non-hydrogen) atoms. The van der Waals surface area contributed by atoms with E-state index in [4.69, 9.17) is 0 Å². The minimum absolute atomic E-state index is 0.0505. The van der Waals surface area contributed by atoms with Crippen molar-refractivity contribution in [2.45, 2.75) is 12.8 Å². The molecule has 1 aromatic carbocycles. The molecular formula is C13H13F2NO2. The summed E-state index contributed by atoms with van der Waals surface area (Å²) in [6.45, 7) is 0.895. The van der Waals surface area contributed by atoms with Crippen molar-refractivity contribution in [2.24, 2.45) is 0 Å². The van der Waals surface area contributed by atoms with Crippen LogP contribution in [-0.2, 0) is 4.79 Å². The van der Waals surface area contributed by atoms with Crippen LogP contribution in [-0.4, -0.2) is 36.1 Å². The van der Waals surface area contributed by atoms with Crippen LogP contribution in [0.25, 0.3) is 0 Å². The zero-order chi connectivity index (χ0) is 13.1. The zero-order valence-electron chi connectivity index (χ0n) is 9.79. The molecule has 1 aliphatic rings. The Bertz CT molecular complexity index is 458. The smallest absolute Gasteiger partial charge is 0.182 e. The maximum atomic E-state index is 13.4. The quantitative estimate of drug-likeness (QED) is 0.771. The van der Waals surface area contributed by atoms with Crippen LogP contribution in [0.2, 0.25) is 0 Å². The molecule has 0 spiro atoms. The van der Waals surface area contributed by atoms with E-state index < -0.39 is 23.0 Å². The van der Waals surface area contributed by atoms with E-state index in [-0.39, 0.29) is 12.3 Å². The van der Waals surface area contributed by atoms with Gasteiger partial charge in [-0.15, -0.1) is 0 Å². The van der Waals surface area contributed by atoms with Crippen molar-refractivity contribution in [3.8, 4) is 0 Å². The standard InChI is InChI=1S/C13H13F2NO2/c14-10-2-1-3-11(15)13(10)12(18)8-16-6-4-9(17)5-7-16/h1-3H,4-8H2. The molecule has 0 radical (unpaired) electrons. The molecule has 1 aliphatic heterocycles. The van der Waals surface area contributed by atoms with Gasteiger partial charge in [-0.25, -0.2) is 8.78 Å². The van der Waals surface area contributed by atoms with Crippen molar-refractivity contribution in [3.05, 3.63) is 35.4 Å². The van der Waals surface area contributed by atoms with E-state index in [1.807, 2.05) is 0 Å². The Morgan fingerprint density at radius 1 is 1.17 bits per heavy atom. The monoisotopic (exact) mass is 253 g/mol. The Morgan fingerprint density at radius 3 is 2.28 bits per heavy atom. The third-order valence-corrected chi connectivity index (χ3v) is 3.02. The number of benzene rings is 1. The predicted molar refractivity (Wildman–Crippen MR) is 61.4 cm³/mol. The number of hydrogen-bond acceptors (Lipinski definition) is 3. The summed E-state index contributed by atoms with van der Waals surface area (Å²) in [5.41, 5.74) is -0.491. The van der Waals surface area contributed by atoms with Gasteiger partial charge in [0.2, 0.25) is 0 Å². The first-order valence-electron chi connectivity index (χ1n) is 5.79. The van der Waals surface area contributed by atoms with Crippen LogP contribution in [0.1, 0.15) is 23.2 Å². The lowest BCUT2D eigenvalue weighted by Crippen LogP contribution is -2.37. The highest BCUT2D eigenvalue weighted by Gasteiger charge is 2.22. The van der Waals surface area contributed by atoms with Gasteiger partial charge in [0.05, 0.1) is 12.1 Å². The predicted octanol–water partition coefficient (Wildman–Crippen LogP) is 1.81. The maximum Gasteiger partial charge on any atom is 0.182 e. The van der Waals surface area contributed by atoms with Crippen LogP contribution in [0, 0.1) is 11.6 Å². The van der Waals surface area contributed by atoms with Crippen molar-refractivity contribution < 1.29 is 18.4 Å². The van der Waals surface area contributed by atoms with Crippen molar-refractivity contribution in [3.63, 3.8) is 0 Å². The molecule has 3 nitrogen and oxygen atoms in total. The molecule has 0 atom stereocenters. The SMILES string of the molecule is O=C1CCN(CC(=O)c2c(F)cccc2F)CC1. The second-order valence-electron chi connectivity index (χ2n) is 4.33. The molecule has 5 heteroatoms. The summed E-state index contributed by atoms with van der Waals surface area (Å²) in [6, 6.07) is 3.35. The molecular weight excluding hydrogens is 240 g/mol. The van der Waals surface area contributed by atoms with Gasteiger partial charge in [-0.1, -0.05) is 6.07 Å². The first kappa shape index (κ1) is 12.8. The third kappa shape index (κ3) is 2.79. The third-order valence-electron chi connectivity index (χ3n) is 3.02. The second kappa shape index (κ2) is 5.35. The summed E-state index contributed by atoms with van der Waals surface area (Å²) in [6.07, 6.45) is 0.792. The number of carbonyl (C=O) groups is 2. The number of halogens is 2. The average molecular weight is 253 g/mol. The number of hydrogen-bond donors (Lipinski definition) is 0. The highest BCUT2D eigenvalue weighted by atomic mass is 19.1. The Hall–Kier alpha value is -1.62. The molecule has 1 fully saturated rings. The Labute approximate surface area is 103 Å². The summed E-state index contributed by atoms with van der Waals surface area (Å²) in [5.74, 6) is -2.10. The molecule has 1 aromatic rings. The van der Waals surface area contributed by atoms with Crippen LogP contribution in [0.15, 0.2) is 18.2 Å². The molecule has 1 saturated heterocycles. The van der Waals surface area contributed by atoms with Crippen molar-refractivity contribution in [2.75, 3.05) is 19.6 Å². The molecule has 96 valence electrons. The fourth-order valence-corrected chi connectivity index (χ4v) is 2.01. The van der Waals surface area contributed by atoms with Crippen LogP contribution < -0.4 is 0 Å². The lowest BCUT2D eigenvalue weighted by Gasteiger charge is -2.24. The number of nitrogens with zero attached hydrogens (tertiary/aromatic N) is 1. The van der Waals surface area contributed by atoms with E-state index in [9.17, 15) is 18.4 Å². The van der Waals surface area contributed by atoms with Crippen molar-refractivity contribution in [1.29, 1.82) is 0 Å².